The number of ether oxygens (including phenoxy) is 1. The van der Waals surface area contributed by atoms with Gasteiger partial charge in [-0.15, -0.1) is 0 Å². The van der Waals surface area contributed by atoms with Crippen LogP contribution in [0.2, 0.25) is 0 Å². The zero-order valence-corrected chi connectivity index (χ0v) is 11.9. The number of halogens is 2. The van der Waals surface area contributed by atoms with Crippen LogP contribution in [0.4, 0.5) is 8.78 Å². The zero-order valence-electron chi connectivity index (χ0n) is 11.9. The number of rotatable bonds is 4. The lowest BCUT2D eigenvalue weighted by Crippen LogP contribution is -2.47. The Bertz CT molecular complexity index is 516. The highest BCUT2D eigenvalue weighted by Crippen LogP contribution is 2.21. The van der Waals surface area contributed by atoms with Crippen molar-refractivity contribution in [3.8, 4) is 0 Å². The van der Waals surface area contributed by atoms with E-state index in [9.17, 15) is 18.7 Å². The molecular weight excluding hydrogens is 280 g/mol. The van der Waals surface area contributed by atoms with E-state index in [1.807, 2.05) is 0 Å². The van der Waals surface area contributed by atoms with Gasteiger partial charge in [-0.05, 0) is 17.7 Å². The van der Waals surface area contributed by atoms with Crippen LogP contribution >= 0.6 is 0 Å². The summed E-state index contributed by atoms with van der Waals surface area (Å²) in [6.07, 6.45) is 0.936. The summed E-state index contributed by atoms with van der Waals surface area (Å²) in [7, 11) is 1.59. The van der Waals surface area contributed by atoms with Crippen molar-refractivity contribution in [1.82, 2.24) is 4.90 Å². The van der Waals surface area contributed by atoms with Crippen molar-refractivity contribution in [2.45, 2.75) is 24.9 Å². The molecule has 2 rings (SSSR count). The Hall–Kier alpha value is -1.53. The number of likely N-dealkylation sites (N-methyl/N-ethyl adjacent to an activating group) is 1. The summed E-state index contributed by atoms with van der Waals surface area (Å²) in [5.41, 5.74) is -0.527. The molecule has 1 aliphatic rings. The molecule has 0 spiro atoms. The first-order valence-corrected chi connectivity index (χ1v) is 6.88. The fourth-order valence-electron chi connectivity index (χ4n) is 2.40. The molecule has 1 amide bonds. The van der Waals surface area contributed by atoms with Crippen LogP contribution < -0.4 is 0 Å². The van der Waals surface area contributed by atoms with E-state index in [4.69, 9.17) is 4.74 Å². The second-order valence-corrected chi connectivity index (χ2v) is 5.51. The largest absolute Gasteiger partial charge is 0.388 e. The average Bonchev–Trinajstić information content (AvgIpc) is 2.43. The van der Waals surface area contributed by atoms with Gasteiger partial charge >= 0.3 is 0 Å². The van der Waals surface area contributed by atoms with Crippen LogP contribution in [0, 0.1) is 11.6 Å². The second kappa shape index (κ2) is 6.49. The maximum Gasteiger partial charge on any atom is 0.226 e. The first-order chi connectivity index (χ1) is 9.89. The van der Waals surface area contributed by atoms with Crippen molar-refractivity contribution in [3.63, 3.8) is 0 Å². The predicted molar refractivity (Wildman–Crippen MR) is 72.7 cm³/mol. The first kappa shape index (κ1) is 15.9. The van der Waals surface area contributed by atoms with Gasteiger partial charge < -0.3 is 14.7 Å². The number of amides is 1. The summed E-state index contributed by atoms with van der Waals surface area (Å²) in [4.78, 5) is 13.5. The normalized spacial score (nSPS) is 17.5. The summed E-state index contributed by atoms with van der Waals surface area (Å²) in [6.45, 7) is 1.16. The Labute approximate surface area is 122 Å². The third kappa shape index (κ3) is 4.22. The molecular formula is C15H19F2NO3. The molecule has 1 aromatic rings. The van der Waals surface area contributed by atoms with Crippen molar-refractivity contribution >= 4 is 5.91 Å². The van der Waals surface area contributed by atoms with Crippen LogP contribution in [-0.2, 0) is 16.0 Å². The van der Waals surface area contributed by atoms with Gasteiger partial charge in [-0.25, -0.2) is 8.78 Å². The third-order valence-corrected chi connectivity index (χ3v) is 3.72. The topological polar surface area (TPSA) is 49.8 Å². The van der Waals surface area contributed by atoms with E-state index in [2.05, 4.69) is 0 Å². The summed E-state index contributed by atoms with van der Waals surface area (Å²) in [5.74, 6) is -2.15. The van der Waals surface area contributed by atoms with E-state index < -0.39 is 17.2 Å². The van der Waals surface area contributed by atoms with Crippen molar-refractivity contribution < 1.29 is 23.4 Å². The molecule has 6 heteroatoms. The lowest BCUT2D eigenvalue weighted by atomic mass is 9.94. The Kier molecular flexibility index (Phi) is 4.90. The molecule has 0 radical (unpaired) electrons. The van der Waals surface area contributed by atoms with Gasteiger partial charge in [0.2, 0.25) is 5.91 Å². The minimum absolute atomic E-state index is 0.0275. The first-order valence-electron chi connectivity index (χ1n) is 6.88. The lowest BCUT2D eigenvalue weighted by molar-refractivity contribution is -0.136. The van der Waals surface area contributed by atoms with Gasteiger partial charge in [-0.2, -0.15) is 0 Å². The van der Waals surface area contributed by atoms with E-state index >= 15 is 0 Å². The third-order valence-electron chi connectivity index (χ3n) is 3.72. The average molecular weight is 299 g/mol. The van der Waals surface area contributed by atoms with Gasteiger partial charge in [0.25, 0.3) is 0 Å². The number of hydrogen-bond donors (Lipinski definition) is 1. The fourth-order valence-corrected chi connectivity index (χ4v) is 2.40. The van der Waals surface area contributed by atoms with Crippen molar-refractivity contribution in [2.75, 3.05) is 26.8 Å². The van der Waals surface area contributed by atoms with E-state index in [0.717, 1.165) is 12.1 Å². The molecule has 1 fully saturated rings. The molecule has 1 heterocycles. The van der Waals surface area contributed by atoms with E-state index in [-0.39, 0.29) is 18.9 Å². The molecule has 0 atom stereocenters. The summed E-state index contributed by atoms with van der Waals surface area (Å²) in [5, 5.41) is 10.4. The molecule has 4 nitrogen and oxygen atoms in total. The SMILES string of the molecule is CN(CC1(O)CCOCC1)C(=O)Cc1ccc(F)c(F)c1. The number of carbonyl (C=O) groups is 1. The fraction of sp³-hybridized carbons (Fsp3) is 0.533. The molecule has 0 aliphatic carbocycles. The van der Waals surface area contributed by atoms with Gasteiger partial charge in [0.15, 0.2) is 11.6 Å². The molecule has 1 aromatic carbocycles. The monoisotopic (exact) mass is 299 g/mol. The molecule has 0 bridgehead atoms. The van der Waals surface area contributed by atoms with Crippen molar-refractivity contribution in [2.24, 2.45) is 0 Å². The van der Waals surface area contributed by atoms with Crippen LogP contribution in [0.15, 0.2) is 18.2 Å². The minimum Gasteiger partial charge on any atom is -0.388 e. The summed E-state index contributed by atoms with van der Waals surface area (Å²) in [6, 6.07) is 3.40. The molecule has 1 aliphatic heterocycles. The number of aliphatic hydroxyl groups is 1. The molecule has 0 unspecified atom stereocenters. The van der Waals surface area contributed by atoms with Crippen LogP contribution in [0.1, 0.15) is 18.4 Å². The lowest BCUT2D eigenvalue weighted by Gasteiger charge is -2.35. The Balaban J connectivity index is 1.94. The minimum atomic E-state index is -0.967. The Morgan fingerprint density at radius 2 is 2.00 bits per heavy atom. The highest BCUT2D eigenvalue weighted by Gasteiger charge is 2.32. The molecule has 1 saturated heterocycles. The molecule has 1 N–H and O–H groups in total. The number of hydrogen-bond acceptors (Lipinski definition) is 3. The second-order valence-electron chi connectivity index (χ2n) is 5.51. The quantitative estimate of drug-likeness (QED) is 0.917. The molecule has 116 valence electrons. The van der Waals surface area contributed by atoms with Gasteiger partial charge in [0.1, 0.15) is 0 Å². The van der Waals surface area contributed by atoms with Crippen LogP contribution in [0.5, 0.6) is 0 Å². The Morgan fingerprint density at radius 1 is 1.33 bits per heavy atom. The molecule has 0 saturated carbocycles. The van der Waals surface area contributed by atoms with Crippen molar-refractivity contribution in [1.29, 1.82) is 0 Å². The maximum atomic E-state index is 13.1. The smallest absolute Gasteiger partial charge is 0.226 e. The molecule has 0 aromatic heterocycles. The van der Waals surface area contributed by atoms with Gasteiger partial charge in [0, 0.05) is 39.6 Å². The van der Waals surface area contributed by atoms with E-state index in [1.54, 1.807) is 7.05 Å². The van der Waals surface area contributed by atoms with Crippen LogP contribution in [0.25, 0.3) is 0 Å². The zero-order chi connectivity index (χ0) is 15.5. The van der Waals surface area contributed by atoms with Gasteiger partial charge in [-0.1, -0.05) is 6.07 Å². The summed E-state index contributed by atoms with van der Waals surface area (Å²) >= 11 is 0. The Morgan fingerprint density at radius 3 is 2.62 bits per heavy atom. The highest BCUT2D eigenvalue weighted by molar-refractivity contribution is 5.78. The van der Waals surface area contributed by atoms with Gasteiger partial charge in [0.05, 0.1) is 12.0 Å². The van der Waals surface area contributed by atoms with Crippen LogP contribution in [-0.4, -0.2) is 48.3 Å². The van der Waals surface area contributed by atoms with Gasteiger partial charge in [-0.3, -0.25) is 4.79 Å². The van der Waals surface area contributed by atoms with Crippen molar-refractivity contribution in [3.05, 3.63) is 35.4 Å². The predicted octanol–water partition coefficient (Wildman–Crippen LogP) is 1.51. The summed E-state index contributed by atoms with van der Waals surface area (Å²) < 4.78 is 31.1. The standard InChI is InChI=1S/C15H19F2NO3/c1-18(10-15(20)4-6-21-7-5-15)14(19)9-11-2-3-12(16)13(17)8-11/h2-3,8,20H,4-7,9-10H2,1H3. The van der Waals surface area contributed by atoms with E-state index in [0.29, 0.717) is 31.6 Å². The van der Waals surface area contributed by atoms with Crippen LogP contribution in [0.3, 0.4) is 0 Å². The highest BCUT2D eigenvalue weighted by atomic mass is 19.2. The number of benzene rings is 1. The maximum absolute atomic E-state index is 13.1. The van der Waals surface area contributed by atoms with E-state index in [1.165, 1.54) is 11.0 Å². The molecule has 21 heavy (non-hydrogen) atoms. The number of nitrogens with zero attached hydrogens (tertiary/aromatic N) is 1. The number of carbonyl (C=O) groups excluding carboxylic acids is 1.